The Balaban J connectivity index is 1.45. The first-order valence-electron chi connectivity index (χ1n) is 10.8. The van der Waals surface area contributed by atoms with Gasteiger partial charge in [0.15, 0.2) is 0 Å². The van der Waals surface area contributed by atoms with Crippen molar-refractivity contribution in [3.05, 3.63) is 65.4 Å². The van der Waals surface area contributed by atoms with E-state index >= 15 is 0 Å². The fourth-order valence-electron chi connectivity index (χ4n) is 2.91. The van der Waals surface area contributed by atoms with Crippen LogP contribution in [0.15, 0.2) is 51.2 Å². The van der Waals surface area contributed by atoms with Gasteiger partial charge in [0.05, 0.1) is 46.8 Å². The van der Waals surface area contributed by atoms with Crippen LogP contribution in [0, 0.1) is 0 Å². The van der Waals surface area contributed by atoms with Crippen LogP contribution in [0.5, 0.6) is 0 Å². The van der Waals surface area contributed by atoms with Gasteiger partial charge in [-0.2, -0.15) is 0 Å². The minimum atomic E-state index is -0.333. The van der Waals surface area contributed by atoms with E-state index in [-0.39, 0.29) is 37.0 Å². The van der Waals surface area contributed by atoms with Crippen LogP contribution >= 0.6 is 23.1 Å². The summed E-state index contributed by atoms with van der Waals surface area (Å²) in [4.78, 5) is 16.8. The molecular weight excluding hydrogens is 458 g/mol. The van der Waals surface area contributed by atoms with Crippen LogP contribution in [-0.4, -0.2) is 40.4 Å². The van der Waals surface area contributed by atoms with Gasteiger partial charge in [-0.3, -0.25) is 4.79 Å². The van der Waals surface area contributed by atoms with E-state index in [2.05, 4.69) is 36.4 Å². The average molecular weight is 490 g/mol. The molecule has 0 radical (unpaired) electrons. The topological polar surface area (TPSA) is 108 Å². The summed E-state index contributed by atoms with van der Waals surface area (Å²) in [6, 6.07) is 11.3. The van der Waals surface area contributed by atoms with Crippen molar-refractivity contribution in [2.75, 3.05) is 18.5 Å². The fourth-order valence-corrected chi connectivity index (χ4v) is 4.81. The van der Waals surface area contributed by atoms with E-state index in [9.17, 15) is 4.79 Å². The second-order valence-corrected chi connectivity index (χ2v) is 11.1. The number of hydrogen-bond donors (Lipinski definition) is 4. The van der Waals surface area contributed by atoms with Gasteiger partial charge in [0.2, 0.25) is 11.8 Å². The molecule has 0 aliphatic carbocycles. The van der Waals surface area contributed by atoms with E-state index in [1.54, 1.807) is 18.0 Å². The number of oxazole rings is 1. The van der Waals surface area contributed by atoms with Gasteiger partial charge in [-0.15, -0.1) is 23.1 Å². The zero-order chi connectivity index (χ0) is 23.8. The SMILES string of the molecule is CC(C)(C)c1cnc(CSc2ccc(NC(=O)Cc3ccc(CNC(CO)CO)cc3)s2)o1. The highest BCUT2D eigenvalue weighted by Gasteiger charge is 2.19. The first kappa shape index (κ1) is 25.5. The molecule has 0 bridgehead atoms. The van der Waals surface area contributed by atoms with Gasteiger partial charge in [-0.05, 0) is 23.3 Å². The summed E-state index contributed by atoms with van der Waals surface area (Å²) in [7, 11) is 0. The standard InChI is InChI=1S/C24H31N3O4S2/c1-24(2,3)19-12-26-21(31-19)15-32-23-9-8-22(33-23)27-20(30)10-16-4-6-17(7-5-16)11-25-18(13-28)14-29/h4-9,12,18,25,28-29H,10-11,13-15H2,1-3H3,(H,27,30). The fraction of sp³-hybridized carbons (Fsp3) is 0.417. The van der Waals surface area contributed by atoms with Crippen molar-refractivity contribution < 1.29 is 19.4 Å². The number of thioether (sulfide) groups is 1. The average Bonchev–Trinajstić information content (AvgIpc) is 3.43. The molecule has 2 heterocycles. The van der Waals surface area contributed by atoms with Gasteiger partial charge in [0.25, 0.3) is 0 Å². The molecule has 4 N–H and O–H groups in total. The summed E-state index contributed by atoms with van der Waals surface area (Å²) < 4.78 is 6.92. The van der Waals surface area contributed by atoms with E-state index in [1.165, 1.54) is 11.3 Å². The zero-order valence-electron chi connectivity index (χ0n) is 19.1. The van der Waals surface area contributed by atoms with Crippen LogP contribution in [0.1, 0.15) is 43.5 Å². The summed E-state index contributed by atoms with van der Waals surface area (Å²) >= 11 is 3.17. The van der Waals surface area contributed by atoms with Gasteiger partial charge in [0, 0.05) is 12.0 Å². The lowest BCUT2D eigenvalue weighted by atomic mass is 9.94. The first-order valence-corrected chi connectivity index (χ1v) is 12.6. The van der Waals surface area contributed by atoms with Crippen molar-refractivity contribution in [3.8, 4) is 0 Å². The minimum Gasteiger partial charge on any atom is -0.444 e. The molecule has 0 fully saturated rings. The lowest BCUT2D eigenvalue weighted by Gasteiger charge is -2.13. The number of carbonyl (C=O) groups excluding carboxylic acids is 1. The number of carbonyl (C=O) groups is 1. The number of aliphatic hydroxyl groups is 2. The molecule has 3 rings (SSSR count). The quantitative estimate of drug-likeness (QED) is 0.302. The molecule has 1 aromatic carbocycles. The second-order valence-electron chi connectivity index (χ2n) is 8.76. The largest absolute Gasteiger partial charge is 0.444 e. The van der Waals surface area contributed by atoms with Crippen LogP contribution in [0.25, 0.3) is 0 Å². The zero-order valence-corrected chi connectivity index (χ0v) is 20.8. The Bertz CT molecular complexity index is 1020. The highest BCUT2D eigenvalue weighted by atomic mass is 32.2. The molecule has 0 spiro atoms. The normalized spacial score (nSPS) is 11.8. The Hall–Kier alpha value is -2.17. The monoisotopic (exact) mass is 489 g/mol. The van der Waals surface area contributed by atoms with Crippen LogP contribution in [0.2, 0.25) is 0 Å². The predicted octanol–water partition coefficient (Wildman–Crippen LogP) is 3.95. The number of benzene rings is 1. The van der Waals surface area contributed by atoms with E-state index in [4.69, 9.17) is 14.6 Å². The maximum absolute atomic E-state index is 12.4. The van der Waals surface area contributed by atoms with Gasteiger partial charge in [-0.25, -0.2) is 4.98 Å². The van der Waals surface area contributed by atoms with Gasteiger partial charge in [-0.1, -0.05) is 45.0 Å². The molecule has 0 saturated carbocycles. The summed E-state index contributed by atoms with van der Waals surface area (Å²) in [5.74, 6) is 2.15. The highest BCUT2D eigenvalue weighted by Crippen LogP contribution is 2.33. The molecular formula is C24H31N3O4S2. The van der Waals surface area contributed by atoms with E-state index in [0.29, 0.717) is 18.2 Å². The summed E-state index contributed by atoms with van der Waals surface area (Å²) in [6.45, 7) is 6.59. The third kappa shape index (κ3) is 7.97. The Labute approximate surface area is 202 Å². The maximum Gasteiger partial charge on any atom is 0.229 e. The van der Waals surface area contributed by atoms with Crippen LogP contribution in [0.4, 0.5) is 5.00 Å². The number of aromatic nitrogens is 1. The van der Waals surface area contributed by atoms with Crippen molar-refractivity contribution in [1.82, 2.24) is 10.3 Å². The third-order valence-electron chi connectivity index (χ3n) is 4.90. The summed E-state index contributed by atoms with van der Waals surface area (Å²) in [5.41, 5.74) is 1.88. The van der Waals surface area contributed by atoms with Crippen molar-refractivity contribution in [2.45, 2.75) is 55.2 Å². The van der Waals surface area contributed by atoms with Crippen molar-refractivity contribution in [1.29, 1.82) is 0 Å². The minimum absolute atomic E-state index is 0.0591. The number of aliphatic hydroxyl groups excluding tert-OH is 2. The smallest absolute Gasteiger partial charge is 0.229 e. The molecule has 0 unspecified atom stereocenters. The molecule has 178 valence electrons. The molecule has 3 aromatic rings. The number of amides is 1. The number of anilines is 1. The van der Waals surface area contributed by atoms with Gasteiger partial charge >= 0.3 is 0 Å². The molecule has 9 heteroatoms. The molecule has 7 nitrogen and oxygen atoms in total. The van der Waals surface area contributed by atoms with Crippen molar-refractivity contribution in [2.24, 2.45) is 0 Å². The Morgan fingerprint density at radius 3 is 2.45 bits per heavy atom. The highest BCUT2D eigenvalue weighted by molar-refractivity contribution is 8.00. The Morgan fingerprint density at radius 2 is 1.82 bits per heavy atom. The Morgan fingerprint density at radius 1 is 1.12 bits per heavy atom. The van der Waals surface area contributed by atoms with Crippen LogP contribution in [0.3, 0.4) is 0 Å². The molecule has 2 aromatic heterocycles. The third-order valence-corrected chi connectivity index (χ3v) is 7.11. The van der Waals surface area contributed by atoms with Crippen LogP contribution < -0.4 is 10.6 Å². The molecule has 0 saturated heterocycles. The van der Waals surface area contributed by atoms with E-state index < -0.39 is 0 Å². The molecule has 0 atom stereocenters. The van der Waals surface area contributed by atoms with Crippen LogP contribution in [-0.2, 0) is 28.9 Å². The summed E-state index contributed by atoms with van der Waals surface area (Å²) in [6.07, 6.45) is 2.08. The predicted molar refractivity (Wildman–Crippen MR) is 133 cm³/mol. The molecule has 33 heavy (non-hydrogen) atoms. The molecule has 0 aliphatic rings. The maximum atomic E-state index is 12.4. The van der Waals surface area contributed by atoms with Crippen molar-refractivity contribution in [3.63, 3.8) is 0 Å². The number of nitrogens with zero attached hydrogens (tertiary/aromatic N) is 1. The number of hydrogen-bond acceptors (Lipinski definition) is 8. The summed E-state index contributed by atoms with van der Waals surface area (Å²) in [5, 5.41) is 25.1. The lowest BCUT2D eigenvalue weighted by molar-refractivity contribution is -0.115. The lowest BCUT2D eigenvalue weighted by Crippen LogP contribution is -2.35. The molecule has 0 aliphatic heterocycles. The van der Waals surface area contributed by atoms with Gasteiger partial charge < -0.3 is 25.3 Å². The van der Waals surface area contributed by atoms with Gasteiger partial charge in [0.1, 0.15) is 5.76 Å². The molecule has 1 amide bonds. The number of thiophene rings is 1. The number of rotatable bonds is 11. The van der Waals surface area contributed by atoms with E-state index in [1.807, 2.05) is 36.4 Å². The second kappa shape index (κ2) is 11.8. The number of nitrogens with one attached hydrogen (secondary N) is 2. The van der Waals surface area contributed by atoms with E-state index in [0.717, 1.165) is 26.1 Å². The Kier molecular flexibility index (Phi) is 9.10. The first-order chi connectivity index (χ1) is 15.8. The van der Waals surface area contributed by atoms with Crippen molar-refractivity contribution >= 4 is 34.0 Å².